The zero-order chi connectivity index (χ0) is 19.0. The molecule has 8 nitrogen and oxygen atoms in total. The average molecular weight is 388 g/mol. The highest BCUT2D eigenvalue weighted by Crippen LogP contribution is 2.38. The predicted molar refractivity (Wildman–Crippen MR) is 98.2 cm³/mol. The van der Waals surface area contributed by atoms with Gasteiger partial charge in [0.15, 0.2) is 17.3 Å². The van der Waals surface area contributed by atoms with Crippen LogP contribution in [-0.2, 0) is 17.8 Å². The van der Waals surface area contributed by atoms with Crippen molar-refractivity contribution in [2.75, 3.05) is 13.2 Å². The van der Waals surface area contributed by atoms with E-state index in [0.717, 1.165) is 17.0 Å². The van der Waals surface area contributed by atoms with Gasteiger partial charge < -0.3 is 14.8 Å². The van der Waals surface area contributed by atoms with Gasteiger partial charge in [-0.05, 0) is 37.6 Å². The lowest BCUT2D eigenvalue weighted by molar-refractivity contribution is -0.120. The van der Waals surface area contributed by atoms with Crippen LogP contribution in [0.2, 0.25) is 5.02 Å². The van der Waals surface area contributed by atoms with Crippen LogP contribution in [0.4, 0.5) is 0 Å². The average Bonchev–Trinajstić information content (AvgIpc) is 3.03. The van der Waals surface area contributed by atoms with E-state index in [0.29, 0.717) is 41.3 Å². The van der Waals surface area contributed by atoms with Crippen molar-refractivity contribution in [3.8, 4) is 11.5 Å². The lowest BCUT2D eigenvalue weighted by atomic mass is 10.1. The third-order valence-corrected chi connectivity index (χ3v) is 4.51. The van der Waals surface area contributed by atoms with Crippen LogP contribution in [0.5, 0.6) is 11.5 Å². The van der Waals surface area contributed by atoms with Crippen molar-refractivity contribution < 1.29 is 14.3 Å². The van der Waals surface area contributed by atoms with Crippen molar-refractivity contribution in [3.63, 3.8) is 0 Å². The van der Waals surface area contributed by atoms with Gasteiger partial charge in [-0.3, -0.25) is 9.20 Å². The van der Waals surface area contributed by atoms with Crippen molar-refractivity contribution in [2.24, 2.45) is 0 Å². The summed E-state index contributed by atoms with van der Waals surface area (Å²) in [6.07, 6.45) is 0.170. The fourth-order valence-corrected chi connectivity index (χ4v) is 3.39. The number of fused-ring (bicyclic) bond motifs is 2. The molecule has 27 heavy (non-hydrogen) atoms. The summed E-state index contributed by atoms with van der Waals surface area (Å²) >= 11 is 6.22. The van der Waals surface area contributed by atoms with Gasteiger partial charge in [-0.1, -0.05) is 11.6 Å². The Labute approximate surface area is 160 Å². The molecule has 1 aromatic carbocycles. The summed E-state index contributed by atoms with van der Waals surface area (Å²) in [6.45, 7) is 5.04. The van der Waals surface area contributed by atoms with Gasteiger partial charge in [0.05, 0.1) is 18.0 Å². The zero-order valence-corrected chi connectivity index (χ0v) is 15.7. The van der Waals surface area contributed by atoms with Gasteiger partial charge in [0.2, 0.25) is 5.91 Å². The number of halogens is 1. The number of carbonyl (C=O) groups is 1. The molecule has 2 aromatic heterocycles. The summed E-state index contributed by atoms with van der Waals surface area (Å²) in [7, 11) is 0. The van der Waals surface area contributed by atoms with Crippen molar-refractivity contribution in [1.82, 2.24) is 24.9 Å². The first-order chi connectivity index (χ1) is 13.0. The van der Waals surface area contributed by atoms with Gasteiger partial charge in [0, 0.05) is 11.4 Å². The molecule has 0 saturated heterocycles. The first kappa shape index (κ1) is 17.5. The standard InChI is InChI=1S/C18H18ClN5O3/c1-10-5-11(2)24-15(22-23-18(24)21-10)9-20-16(25)8-12-6-13(19)17-14(7-12)26-3-4-27-17/h5-7H,3-4,8-9H2,1-2H3,(H,20,25). The molecule has 1 aliphatic heterocycles. The molecule has 4 rings (SSSR count). The monoisotopic (exact) mass is 387 g/mol. The number of aromatic nitrogens is 4. The Bertz CT molecular complexity index is 1030. The van der Waals surface area contributed by atoms with Crippen LogP contribution < -0.4 is 14.8 Å². The fourth-order valence-electron chi connectivity index (χ4n) is 3.10. The summed E-state index contributed by atoms with van der Waals surface area (Å²) in [5, 5.41) is 11.5. The highest BCUT2D eigenvalue weighted by Gasteiger charge is 2.18. The summed E-state index contributed by atoms with van der Waals surface area (Å²) in [6, 6.07) is 5.44. The van der Waals surface area contributed by atoms with E-state index in [-0.39, 0.29) is 18.9 Å². The van der Waals surface area contributed by atoms with Crippen molar-refractivity contribution >= 4 is 23.3 Å². The Morgan fingerprint density at radius 3 is 2.89 bits per heavy atom. The van der Waals surface area contributed by atoms with Gasteiger partial charge in [0.1, 0.15) is 13.2 Å². The maximum absolute atomic E-state index is 12.4. The van der Waals surface area contributed by atoms with Crippen molar-refractivity contribution in [1.29, 1.82) is 0 Å². The van der Waals surface area contributed by atoms with E-state index < -0.39 is 0 Å². The molecule has 9 heteroatoms. The maximum atomic E-state index is 12.4. The Kier molecular flexibility index (Phi) is 4.57. The minimum atomic E-state index is -0.155. The normalized spacial score (nSPS) is 13.0. The number of amides is 1. The number of ether oxygens (including phenoxy) is 2. The molecule has 3 aromatic rings. The molecule has 0 atom stereocenters. The summed E-state index contributed by atoms with van der Waals surface area (Å²) in [4.78, 5) is 16.7. The number of hydrogen-bond donors (Lipinski definition) is 1. The Balaban J connectivity index is 1.46. The molecule has 0 fully saturated rings. The van der Waals surface area contributed by atoms with Crippen LogP contribution in [0.3, 0.4) is 0 Å². The molecule has 140 valence electrons. The third kappa shape index (κ3) is 3.52. The number of carbonyl (C=O) groups excluding carboxylic acids is 1. The van der Waals surface area contributed by atoms with Crippen molar-refractivity contribution in [2.45, 2.75) is 26.8 Å². The summed E-state index contributed by atoms with van der Waals surface area (Å²) in [5.41, 5.74) is 2.59. The highest BCUT2D eigenvalue weighted by molar-refractivity contribution is 6.32. The van der Waals surface area contributed by atoms with Gasteiger partial charge in [0.25, 0.3) is 5.78 Å². The number of rotatable bonds is 4. The molecule has 0 bridgehead atoms. The smallest absolute Gasteiger partial charge is 0.255 e. The zero-order valence-electron chi connectivity index (χ0n) is 15.0. The van der Waals surface area contributed by atoms with Gasteiger partial charge in [-0.15, -0.1) is 10.2 Å². The quantitative estimate of drug-likeness (QED) is 0.736. The van der Waals surface area contributed by atoms with Crippen LogP contribution in [0.1, 0.15) is 22.8 Å². The summed E-state index contributed by atoms with van der Waals surface area (Å²) < 4.78 is 12.9. The molecule has 0 radical (unpaired) electrons. The largest absolute Gasteiger partial charge is 0.486 e. The minimum absolute atomic E-state index is 0.155. The van der Waals surface area contributed by atoms with E-state index in [1.807, 2.05) is 24.3 Å². The topological polar surface area (TPSA) is 90.6 Å². The highest BCUT2D eigenvalue weighted by atomic mass is 35.5. The Morgan fingerprint density at radius 1 is 1.22 bits per heavy atom. The number of benzene rings is 1. The SMILES string of the molecule is Cc1cc(C)n2c(CNC(=O)Cc3cc(Cl)c4c(c3)OCCO4)nnc2n1. The first-order valence-corrected chi connectivity index (χ1v) is 8.92. The number of aryl methyl sites for hydroxylation is 2. The molecule has 0 unspecified atom stereocenters. The number of nitrogens with one attached hydrogen (secondary N) is 1. The molecular formula is C18H18ClN5O3. The van der Waals surface area contributed by atoms with Crippen LogP contribution in [0.15, 0.2) is 18.2 Å². The molecule has 1 N–H and O–H groups in total. The predicted octanol–water partition coefficient (Wildman–Crippen LogP) is 2.02. The molecule has 3 heterocycles. The minimum Gasteiger partial charge on any atom is -0.486 e. The van der Waals surface area contributed by atoms with Crippen LogP contribution >= 0.6 is 11.6 Å². The van der Waals surface area contributed by atoms with Crippen LogP contribution in [0.25, 0.3) is 5.78 Å². The van der Waals surface area contributed by atoms with E-state index in [9.17, 15) is 4.79 Å². The Morgan fingerprint density at radius 2 is 2.04 bits per heavy atom. The first-order valence-electron chi connectivity index (χ1n) is 8.54. The van der Waals surface area contributed by atoms with Gasteiger partial charge >= 0.3 is 0 Å². The van der Waals surface area contributed by atoms with Crippen molar-refractivity contribution in [3.05, 3.63) is 46.0 Å². The second-order valence-corrected chi connectivity index (χ2v) is 6.75. The molecule has 1 aliphatic rings. The summed E-state index contributed by atoms with van der Waals surface area (Å²) in [5.74, 6) is 2.09. The van der Waals surface area contributed by atoms with Crippen LogP contribution in [0, 0.1) is 13.8 Å². The van der Waals surface area contributed by atoms with Gasteiger partial charge in [-0.25, -0.2) is 4.98 Å². The van der Waals surface area contributed by atoms with Gasteiger partial charge in [-0.2, -0.15) is 0 Å². The Hall–Kier alpha value is -2.87. The molecule has 1 amide bonds. The number of nitrogens with zero attached hydrogens (tertiary/aromatic N) is 4. The van der Waals surface area contributed by atoms with E-state index in [1.165, 1.54) is 0 Å². The number of hydrogen-bond acceptors (Lipinski definition) is 6. The van der Waals surface area contributed by atoms with E-state index >= 15 is 0 Å². The van der Waals surface area contributed by atoms with E-state index in [1.54, 1.807) is 12.1 Å². The maximum Gasteiger partial charge on any atom is 0.255 e. The van der Waals surface area contributed by atoms with E-state index in [2.05, 4.69) is 20.5 Å². The molecule has 0 aliphatic carbocycles. The second kappa shape index (κ2) is 7.03. The van der Waals surface area contributed by atoms with Crippen LogP contribution in [-0.4, -0.2) is 38.7 Å². The van der Waals surface area contributed by atoms with E-state index in [4.69, 9.17) is 21.1 Å². The lowest BCUT2D eigenvalue weighted by Crippen LogP contribution is -2.26. The fraction of sp³-hybridized carbons (Fsp3) is 0.333. The lowest BCUT2D eigenvalue weighted by Gasteiger charge is -2.20. The molecular weight excluding hydrogens is 370 g/mol. The second-order valence-electron chi connectivity index (χ2n) is 6.35. The molecule has 0 spiro atoms. The third-order valence-electron chi connectivity index (χ3n) is 4.22. The molecule has 0 saturated carbocycles.